The summed E-state index contributed by atoms with van der Waals surface area (Å²) in [6.07, 6.45) is 0. The highest BCUT2D eigenvalue weighted by Crippen LogP contribution is 2.30. The third-order valence-electron chi connectivity index (χ3n) is 3.56. The van der Waals surface area contributed by atoms with E-state index in [0.29, 0.717) is 22.5 Å². The van der Waals surface area contributed by atoms with Gasteiger partial charge in [-0.05, 0) is 30.3 Å². The summed E-state index contributed by atoms with van der Waals surface area (Å²) in [4.78, 5) is 8.73. The van der Waals surface area contributed by atoms with Gasteiger partial charge in [-0.3, -0.25) is 0 Å². The van der Waals surface area contributed by atoms with Crippen LogP contribution in [0.5, 0.6) is 17.4 Å². The highest BCUT2D eigenvalue weighted by molar-refractivity contribution is 7.22. The number of phenolic OH excluding ortho intramolecular Hbond substituents is 1. The van der Waals surface area contributed by atoms with Crippen LogP contribution < -0.4 is 10.5 Å². The van der Waals surface area contributed by atoms with Crippen molar-refractivity contribution in [1.82, 2.24) is 9.97 Å². The molecule has 0 aliphatic rings. The Morgan fingerprint density at radius 3 is 2.76 bits per heavy atom. The van der Waals surface area contributed by atoms with Gasteiger partial charge in [0.25, 0.3) is 0 Å². The largest absolute Gasteiger partial charge is 0.505 e. The molecule has 0 spiro atoms. The molecular weight excluding hydrogens is 341 g/mol. The Morgan fingerprint density at radius 2 is 1.92 bits per heavy atom. The van der Waals surface area contributed by atoms with Crippen molar-refractivity contribution >= 4 is 26.7 Å². The Bertz CT molecular complexity index is 1080. The normalized spacial score (nSPS) is 10.9. The molecule has 4 aromatic rings. The molecule has 0 aliphatic carbocycles. The number of fused-ring (bicyclic) bond motifs is 1. The first kappa shape index (κ1) is 15.3. The van der Waals surface area contributed by atoms with Gasteiger partial charge < -0.3 is 15.6 Å². The number of nitrogens with zero attached hydrogens (tertiary/aromatic N) is 2. The molecule has 0 bridgehead atoms. The van der Waals surface area contributed by atoms with Crippen molar-refractivity contribution in [2.75, 3.05) is 5.73 Å². The number of phenols is 1. The number of hydrogen-bond donors (Lipinski definition) is 2. The Balaban J connectivity index is 1.66. The lowest BCUT2D eigenvalue weighted by Gasteiger charge is -2.07. The zero-order valence-electron chi connectivity index (χ0n) is 12.8. The maximum atomic E-state index is 13.1. The van der Waals surface area contributed by atoms with Gasteiger partial charge in [0.15, 0.2) is 16.7 Å². The molecular formula is C18H12FN3O2S. The monoisotopic (exact) mass is 353 g/mol. The van der Waals surface area contributed by atoms with E-state index in [2.05, 4.69) is 9.97 Å². The summed E-state index contributed by atoms with van der Waals surface area (Å²) in [5, 5.41) is 9.94. The Labute approximate surface area is 146 Å². The number of aromatic nitrogens is 2. The van der Waals surface area contributed by atoms with Gasteiger partial charge in [0.05, 0.1) is 15.9 Å². The van der Waals surface area contributed by atoms with Crippen LogP contribution in [0.2, 0.25) is 0 Å². The molecule has 2 aromatic heterocycles. The number of benzene rings is 2. The number of ether oxygens (including phenoxy) is 1. The molecule has 0 unspecified atom stereocenters. The molecule has 0 saturated carbocycles. The molecule has 0 amide bonds. The molecule has 0 saturated heterocycles. The molecule has 0 fully saturated rings. The predicted molar refractivity (Wildman–Crippen MR) is 95.4 cm³/mol. The van der Waals surface area contributed by atoms with E-state index in [1.807, 2.05) is 24.3 Å². The molecule has 3 N–H and O–H groups in total. The van der Waals surface area contributed by atoms with Gasteiger partial charge in [0, 0.05) is 17.7 Å². The van der Waals surface area contributed by atoms with Crippen molar-refractivity contribution in [3.8, 4) is 28.6 Å². The van der Waals surface area contributed by atoms with E-state index in [9.17, 15) is 9.50 Å². The number of nitrogens with two attached hydrogens (primary N) is 1. The van der Waals surface area contributed by atoms with E-state index in [-0.39, 0.29) is 0 Å². The van der Waals surface area contributed by atoms with Crippen LogP contribution in [-0.4, -0.2) is 15.1 Å². The minimum Gasteiger partial charge on any atom is -0.505 e. The molecule has 0 aliphatic heterocycles. The van der Waals surface area contributed by atoms with Crippen LogP contribution >= 0.6 is 11.3 Å². The van der Waals surface area contributed by atoms with Gasteiger partial charge in [0.1, 0.15) is 5.75 Å². The van der Waals surface area contributed by atoms with Crippen LogP contribution in [0.15, 0.2) is 54.6 Å². The highest BCUT2D eigenvalue weighted by Gasteiger charge is 2.08. The summed E-state index contributed by atoms with van der Waals surface area (Å²) in [5.41, 5.74) is 8.14. The molecule has 4 rings (SSSR count). The number of hydrogen-bond acceptors (Lipinski definition) is 6. The van der Waals surface area contributed by atoms with E-state index < -0.39 is 11.6 Å². The quantitative estimate of drug-likeness (QED) is 0.563. The van der Waals surface area contributed by atoms with E-state index in [1.54, 1.807) is 12.1 Å². The first-order valence-corrected chi connectivity index (χ1v) is 8.20. The number of nitrogen functional groups attached to an aromatic ring is 1. The van der Waals surface area contributed by atoms with Crippen molar-refractivity contribution in [2.24, 2.45) is 0 Å². The molecule has 0 atom stereocenters. The van der Waals surface area contributed by atoms with E-state index in [1.165, 1.54) is 23.5 Å². The first-order chi connectivity index (χ1) is 12.1. The maximum absolute atomic E-state index is 13.1. The van der Waals surface area contributed by atoms with Crippen LogP contribution in [0, 0.1) is 5.82 Å². The summed E-state index contributed by atoms with van der Waals surface area (Å²) in [5.74, 6) is -0.544. The second-order valence-corrected chi connectivity index (χ2v) is 6.37. The average molecular weight is 353 g/mol. The molecule has 2 aromatic carbocycles. The molecule has 5 nitrogen and oxygen atoms in total. The summed E-state index contributed by atoms with van der Waals surface area (Å²) < 4.78 is 19.7. The Hall–Kier alpha value is -3.19. The smallest absolute Gasteiger partial charge is 0.219 e. The van der Waals surface area contributed by atoms with Crippen LogP contribution in [0.4, 0.5) is 9.52 Å². The SMILES string of the molecule is Nc1nc2cc(-c3cccc(Oc4ccc(F)c(O)c4)n3)ccc2s1. The lowest BCUT2D eigenvalue weighted by atomic mass is 10.1. The Morgan fingerprint density at radius 1 is 1.04 bits per heavy atom. The predicted octanol–water partition coefficient (Wildman–Crippen LogP) is 4.58. The Kier molecular flexibility index (Phi) is 3.70. The number of aromatic hydroxyl groups is 1. The van der Waals surface area contributed by atoms with Gasteiger partial charge in [-0.25, -0.2) is 14.4 Å². The summed E-state index contributed by atoms with van der Waals surface area (Å²) in [6, 6.07) is 14.9. The number of thiazole rings is 1. The second kappa shape index (κ2) is 6.03. The molecule has 2 heterocycles. The van der Waals surface area contributed by atoms with E-state index in [4.69, 9.17) is 10.5 Å². The van der Waals surface area contributed by atoms with Crippen molar-refractivity contribution in [3.63, 3.8) is 0 Å². The minimum absolute atomic E-state index is 0.297. The van der Waals surface area contributed by atoms with Gasteiger partial charge in [-0.15, -0.1) is 0 Å². The number of anilines is 1. The van der Waals surface area contributed by atoms with E-state index in [0.717, 1.165) is 21.8 Å². The lowest BCUT2D eigenvalue weighted by molar-refractivity contribution is 0.418. The summed E-state index contributed by atoms with van der Waals surface area (Å²) in [7, 11) is 0. The fourth-order valence-corrected chi connectivity index (χ4v) is 3.13. The van der Waals surface area contributed by atoms with Crippen LogP contribution in [0.3, 0.4) is 0 Å². The highest BCUT2D eigenvalue weighted by atomic mass is 32.1. The average Bonchev–Trinajstić information content (AvgIpc) is 2.97. The second-order valence-electron chi connectivity index (χ2n) is 5.31. The standard InChI is InChI=1S/C18H12FN3O2S/c19-12-6-5-11(9-15(12)23)24-17-3-1-2-13(21-17)10-4-7-16-14(8-10)22-18(20)25-16/h1-9,23H,(H2,20,22). The van der Waals surface area contributed by atoms with Crippen molar-refractivity contribution < 1.29 is 14.2 Å². The molecule has 0 radical (unpaired) electrons. The third-order valence-corrected chi connectivity index (χ3v) is 4.43. The summed E-state index contributed by atoms with van der Waals surface area (Å²) >= 11 is 1.43. The van der Waals surface area contributed by atoms with Gasteiger partial charge in [-0.1, -0.05) is 23.5 Å². The zero-order valence-corrected chi connectivity index (χ0v) is 13.6. The van der Waals surface area contributed by atoms with Gasteiger partial charge in [-0.2, -0.15) is 0 Å². The molecule has 124 valence electrons. The topological polar surface area (TPSA) is 81.3 Å². The zero-order chi connectivity index (χ0) is 17.4. The van der Waals surface area contributed by atoms with Gasteiger partial charge >= 0.3 is 0 Å². The fourth-order valence-electron chi connectivity index (χ4n) is 2.41. The van der Waals surface area contributed by atoms with Crippen molar-refractivity contribution in [3.05, 3.63) is 60.4 Å². The number of rotatable bonds is 3. The maximum Gasteiger partial charge on any atom is 0.219 e. The summed E-state index contributed by atoms with van der Waals surface area (Å²) in [6.45, 7) is 0. The van der Waals surface area contributed by atoms with Crippen molar-refractivity contribution in [1.29, 1.82) is 0 Å². The van der Waals surface area contributed by atoms with Crippen LogP contribution in [0.1, 0.15) is 0 Å². The third kappa shape index (κ3) is 3.09. The first-order valence-electron chi connectivity index (χ1n) is 7.38. The van der Waals surface area contributed by atoms with E-state index >= 15 is 0 Å². The lowest BCUT2D eigenvalue weighted by Crippen LogP contribution is -1.91. The van der Waals surface area contributed by atoms with Crippen molar-refractivity contribution in [2.45, 2.75) is 0 Å². The number of halogens is 1. The minimum atomic E-state index is -0.704. The molecule has 25 heavy (non-hydrogen) atoms. The molecule has 7 heteroatoms. The van der Waals surface area contributed by atoms with Crippen LogP contribution in [0.25, 0.3) is 21.5 Å². The number of pyridine rings is 1. The van der Waals surface area contributed by atoms with Gasteiger partial charge in [0.2, 0.25) is 5.88 Å². The van der Waals surface area contributed by atoms with Crippen LogP contribution in [-0.2, 0) is 0 Å². The fraction of sp³-hybridized carbons (Fsp3) is 0.